The summed E-state index contributed by atoms with van der Waals surface area (Å²) in [5.74, 6) is 0. The zero-order valence-electron chi connectivity index (χ0n) is 10.8. The van der Waals surface area contributed by atoms with Crippen LogP contribution in [0.2, 0.25) is 0 Å². The first-order valence-electron chi connectivity index (χ1n) is 6.64. The number of thiophene rings is 1. The molecule has 2 heterocycles. The van der Waals surface area contributed by atoms with Gasteiger partial charge in [0.25, 0.3) is 0 Å². The molecule has 0 bridgehead atoms. The molecule has 0 N–H and O–H groups in total. The molecule has 3 nitrogen and oxygen atoms in total. The molecule has 1 aliphatic rings. The van der Waals surface area contributed by atoms with E-state index in [0.29, 0.717) is 6.04 Å². The normalized spacial score (nSPS) is 17.8. The molecule has 0 unspecified atom stereocenters. The van der Waals surface area contributed by atoms with Crippen LogP contribution < -0.4 is 4.80 Å². The second-order valence-corrected chi connectivity index (χ2v) is 6.54. The lowest BCUT2D eigenvalue weighted by atomic mass is 9.96. The largest absolute Gasteiger partial charge is 0.254 e. The van der Waals surface area contributed by atoms with Crippen LogP contribution in [0.25, 0.3) is 10.6 Å². The predicted molar refractivity (Wildman–Crippen MR) is 83.0 cm³/mol. The highest BCUT2D eigenvalue weighted by Gasteiger charge is 2.13. The average Bonchev–Trinajstić information content (AvgIpc) is 3.08. The molecular formula is C14H17N3S2. The lowest BCUT2D eigenvalue weighted by molar-refractivity contribution is 0.435. The molecule has 0 radical (unpaired) electrons. The van der Waals surface area contributed by atoms with Gasteiger partial charge in [-0.25, -0.2) is 4.68 Å². The Balaban J connectivity index is 1.98. The molecule has 19 heavy (non-hydrogen) atoms. The molecule has 2 aromatic heterocycles. The molecule has 2 aromatic rings. The molecule has 1 fully saturated rings. The zero-order chi connectivity index (χ0) is 13.1. The van der Waals surface area contributed by atoms with E-state index in [2.05, 4.69) is 34.7 Å². The highest BCUT2D eigenvalue weighted by Crippen LogP contribution is 2.25. The van der Waals surface area contributed by atoms with E-state index in [1.54, 1.807) is 22.7 Å². The van der Waals surface area contributed by atoms with E-state index in [-0.39, 0.29) is 0 Å². The Kier molecular flexibility index (Phi) is 3.94. The van der Waals surface area contributed by atoms with E-state index in [9.17, 15) is 0 Å². The van der Waals surface area contributed by atoms with Gasteiger partial charge in [0.15, 0.2) is 0 Å². The van der Waals surface area contributed by atoms with Crippen LogP contribution in [0.4, 0.5) is 0 Å². The van der Waals surface area contributed by atoms with Crippen LogP contribution in [0.5, 0.6) is 0 Å². The fourth-order valence-electron chi connectivity index (χ4n) is 2.49. The second-order valence-electron chi connectivity index (χ2n) is 4.75. The van der Waals surface area contributed by atoms with Crippen molar-refractivity contribution in [1.82, 2.24) is 4.68 Å². The van der Waals surface area contributed by atoms with Crippen molar-refractivity contribution >= 4 is 29.4 Å². The van der Waals surface area contributed by atoms with E-state index in [1.807, 2.05) is 4.68 Å². The number of hydrogen-bond acceptors (Lipinski definition) is 4. The van der Waals surface area contributed by atoms with E-state index >= 15 is 0 Å². The smallest absolute Gasteiger partial charge is 0.206 e. The van der Waals surface area contributed by atoms with Gasteiger partial charge in [0.1, 0.15) is 0 Å². The third-order valence-corrected chi connectivity index (χ3v) is 5.19. The quantitative estimate of drug-likeness (QED) is 0.766. The summed E-state index contributed by atoms with van der Waals surface area (Å²) in [4.78, 5) is 7.07. The third-order valence-electron chi connectivity index (χ3n) is 3.47. The Morgan fingerprint density at radius 1 is 1.21 bits per heavy atom. The summed E-state index contributed by atoms with van der Waals surface area (Å²) in [6, 6.07) is 4.64. The summed E-state index contributed by atoms with van der Waals surface area (Å²) < 4.78 is 1.88. The van der Waals surface area contributed by atoms with E-state index in [1.165, 1.54) is 37.0 Å². The number of hydrogen-bond donors (Lipinski definition) is 0. The summed E-state index contributed by atoms with van der Waals surface area (Å²) >= 11 is 3.38. The maximum absolute atomic E-state index is 4.87. The van der Waals surface area contributed by atoms with Gasteiger partial charge in [-0.05, 0) is 24.3 Å². The van der Waals surface area contributed by atoms with Gasteiger partial charge in [-0.3, -0.25) is 4.99 Å². The maximum Gasteiger partial charge on any atom is 0.206 e. The lowest BCUT2D eigenvalue weighted by Crippen LogP contribution is -2.18. The van der Waals surface area contributed by atoms with Crippen molar-refractivity contribution in [1.29, 1.82) is 0 Å². The first-order valence-corrected chi connectivity index (χ1v) is 8.39. The van der Waals surface area contributed by atoms with E-state index < -0.39 is 0 Å². The number of thiazole rings is 1. The van der Waals surface area contributed by atoms with Crippen LogP contribution in [-0.4, -0.2) is 17.4 Å². The van der Waals surface area contributed by atoms with Crippen LogP contribution in [0.3, 0.4) is 0 Å². The van der Waals surface area contributed by atoms with E-state index in [0.717, 1.165) is 10.5 Å². The number of aromatic nitrogens is 1. The summed E-state index contributed by atoms with van der Waals surface area (Å²) in [5, 5.41) is 8.35. The van der Waals surface area contributed by atoms with Crippen molar-refractivity contribution in [2.75, 3.05) is 0 Å². The minimum atomic E-state index is 0.469. The van der Waals surface area contributed by atoms with Crippen molar-refractivity contribution in [2.45, 2.75) is 38.1 Å². The topological polar surface area (TPSA) is 29.6 Å². The SMILES string of the molecule is C=Nn1c(-c2cccs2)csc1=NC1CCCCC1. The van der Waals surface area contributed by atoms with Gasteiger partial charge < -0.3 is 0 Å². The molecule has 0 amide bonds. The van der Waals surface area contributed by atoms with Crippen LogP contribution in [0.15, 0.2) is 33.0 Å². The van der Waals surface area contributed by atoms with Crippen LogP contribution in [0, 0.1) is 0 Å². The molecule has 0 saturated heterocycles. The highest BCUT2D eigenvalue weighted by molar-refractivity contribution is 7.14. The highest BCUT2D eigenvalue weighted by atomic mass is 32.1. The zero-order valence-corrected chi connectivity index (χ0v) is 12.4. The second kappa shape index (κ2) is 5.84. The van der Waals surface area contributed by atoms with Crippen molar-refractivity contribution in [3.05, 3.63) is 27.7 Å². The van der Waals surface area contributed by atoms with Crippen molar-refractivity contribution < 1.29 is 0 Å². The minimum Gasteiger partial charge on any atom is -0.254 e. The Hall–Kier alpha value is -1.20. The minimum absolute atomic E-state index is 0.469. The number of nitrogens with zero attached hydrogens (tertiary/aromatic N) is 3. The van der Waals surface area contributed by atoms with Crippen LogP contribution >= 0.6 is 22.7 Å². The predicted octanol–water partition coefficient (Wildman–Crippen LogP) is 3.98. The van der Waals surface area contributed by atoms with Gasteiger partial charge >= 0.3 is 0 Å². The summed E-state index contributed by atoms with van der Waals surface area (Å²) in [6.07, 6.45) is 6.39. The summed E-state index contributed by atoms with van der Waals surface area (Å²) in [6.45, 7) is 3.69. The molecule has 0 aliphatic heterocycles. The number of rotatable bonds is 3. The molecule has 0 atom stereocenters. The molecule has 1 aliphatic carbocycles. The standard InChI is InChI=1S/C14H17N3S2/c1-15-17-12(13-8-5-9-18-13)10-19-14(17)16-11-6-3-2-4-7-11/h5,8-11H,1-4,6-7H2. The van der Waals surface area contributed by atoms with Gasteiger partial charge in [0.2, 0.25) is 4.80 Å². The molecule has 3 rings (SSSR count). The Labute approximate surface area is 121 Å². The van der Waals surface area contributed by atoms with Crippen molar-refractivity contribution in [3.8, 4) is 10.6 Å². The van der Waals surface area contributed by atoms with Gasteiger partial charge in [0, 0.05) is 12.1 Å². The fraction of sp³-hybridized carbons (Fsp3) is 0.429. The van der Waals surface area contributed by atoms with Crippen molar-refractivity contribution in [2.24, 2.45) is 10.1 Å². The first kappa shape index (κ1) is 12.8. The van der Waals surface area contributed by atoms with Gasteiger partial charge in [0.05, 0.1) is 16.6 Å². The van der Waals surface area contributed by atoms with Crippen LogP contribution in [0.1, 0.15) is 32.1 Å². The molecular weight excluding hydrogens is 274 g/mol. The fourth-order valence-corrected chi connectivity index (χ4v) is 4.20. The van der Waals surface area contributed by atoms with Gasteiger partial charge in [-0.15, -0.1) is 22.7 Å². The Morgan fingerprint density at radius 3 is 2.74 bits per heavy atom. The molecule has 100 valence electrons. The van der Waals surface area contributed by atoms with E-state index in [4.69, 9.17) is 4.99 Å². The molecule has 5 heteroatoms. The average molecular weight is 291 g/mol. The summed E-state index contributed by atoms with van der Waals surface area (Å²) in [5.41, 5.74) is 1.10. The van der Waals surface area contributed by atoms with Gasteiger partial charge in [-0.1, -0.05) is 25.3 Å². The Morgan fingerprint density at radius 2 is 2.05 bits per heavy atom. The Bertz CT molecular complexity index is 601. The molecule has 0 spiro atoms. The first-order chi connectivity index (χ1) is 9.38. The van der Waals surface area contributed by atoms with Crippen molar-refractivity contribution in [3.63, 3.8) is 0 Å². The third kappa shape index (κ3) is 2.72. The van der Waals surface area contributed by atoms with Gasteiger partial charge in [-0.2, -0.15) is 5.10 Å². The monoisotopic (exact) mass is 291 g/mol. The summed E-state index contributed by atoms with van der Waals surface area (Å²) in [7, 11) is 0. The maximum atomic E-state index is 4.87. The molecule has 1 saturated carbocycles. The lowest BCUT2D eigenvalue weighted by Gasteiger charge is -2.16. The van der Waals surface area contributed by atoms with Crippen LogP contribution in [-0.2, 0) is 0 Å². The molecule has 0 aromatic carbocycles.